The lowest BCUT2D eigenvalue weighted by Crippen LogP contribution is -2.06. The van der Waals surface area contributed by atoms with Crippen molar-refractivity contribution in [1.29, 1.82) is 0 Å². The van der Waals surface area contributed by atoms with E-state index in [0.29, 0.717) is 22.7 Å². The minimum absolute atomic E-state index is 0.0634. The molecule has 108 valence electrons. The molecule has 0 bridgehead atoms. The van der Waals surface area contributed by atoms with Crippen LogP contribution >= 0.6 is 0 Å². The fourth-order valence-electron chi connectivity index (χ4n) is 1.89. The first-order valence-electron chi connectivity index (χ1n) is 6.46. The second-order valence-electron chi connectivity index (χ2n) is 4.57. The van der Waals surface area contributed by atoms with Crippen LogP contribution in [0, 0.1) is 5.82 Å². The van der Waals surface area contributed by atoms with Crippen molar-refractivity contribution < 1.29 is 13.9 Å². The molecule has 0 aliphatic rings. The molecule has 0 radical (unpaired) electrons. The van der Waals surface area contributed by atoms with Crippen LogP contribution in [0.3, 0.4) is 0 Å². The number of ether oxygens (including phenoxy) is 1. The minimum atomic E-state index is -0.339. The molecule has 0 spiro atoms. The summed E-state index contributed by atoms with van der Waals surface area (Å²) >= 11 is 0. The summed E-state index contributed by atoms with van der Waals surface area (Å²) in [6, 6.07) is 12.9. The summed E-state index contributed by atoms with van der Waals surface area (Å²) in [6.45, 7) is 3.80. The van der Waals surface area contributed by atoms with Gasteiger partial charge in [-0.2, -0.15) is 0 Å². The van der Waals surface area contributed by atoms with Gasteiger partial charge in [0.2, 0.25) is 0 Å². The van der Waals surface area contributed by atoms with Crippen LogP contribution in [0.2, 0.25) is 0 Å². The van der Waals surface area contributed by atoms with Gasteiger partial charge < -0.3 is 10.1 Å². The van der Waals surface area contributed by atoms with E-state index in [1.54, 1.807) is 43.5 Å². The predicted molar refractivity (Wildman–Crippen MR) is 81.1 cm³/mol. The Morgan fingerprint density at radius 3 is 2.57 bits per heavy atom. The topological polar surface area (TPSA) is 38.3 Å². The maximum absolute atomic E-state index is 13.1. The van der Waals surface area contributed by atoms with Crippen molar-refractivity contribution >= 4 is 11.5 Å². The number of ketones is 1. The number of Topliss-reactive ketones (excluding diaryl/α,β-unsaturated/α-hetero) is 1. The van der Waals surface area contributed by atoms with Crippen molar-refractivity contribution in [3.8, 4) is 5.75 Å². The molecule has 2 rings (SSSR count). The van der Waals surface area contributed by atoms with Gasteiger partial charge in [-0.1, -0.05) is 12.6 Å². The van der Waals surface area contributed by atoms with Gasteiger partial charge in [0.25, 0.3) is 0 Å². The smallest absolute Gasteiger partial charge is 0.168 e. The zero-order chi connectivity index (χ0) is 15.2. The Morgan fingerprint density at radius 1 is 1.24 bits per heavy atom. The number of allylic oxidation sites excluding steroid dienone is 1. The van der Waals surface area contributed by atoms with E-state index in [9.17, 15) is 9.18 Å². The van der Waals surface area contributed by atoms with Crippen LogP contribution in [0.5, 0.6) is 5.75 Å². The van der Waals surface area contributed by atoms with Crippen LogP contribution in [0.15, 0.2) is 60.8 Å². The lowest BCUT2D eigenvalue weighted by atomic mass is 10.1. The van der Waals surface area contributed by atoms with Crippen molar-refractivity contribution in [3.63, 3.8) is 0 Å². The molecule has 4 heteroatoms. The number of hydrogen-bond acceptors (Lipinski definition) is 3. The van der Waals surface area contributed by atoms with Crippen LogP contribution in [-0.2, 0) is 0 Å². The van der Waals surface area contributed by atoms with Gasteiger partial charge in [-0.3, -0.25) is 4.79 Å². The predicted octanol–water partition coefficient (Wildman–Crippen LogP) is 4.03. The Kier molecular flexibility index (Phi) is 4.72. The number of hydrogen-bond donors (Lipinski definition) is 1. The highest BCUT2D eigenvalue weighted by atomic mass is 19.1. The highest BCUT2D eigenvalue weighted by molar-refractivity contribution is 5.97. The third-order valence-corrected chi connectivity index (χ3v) is 2.93. The fraction of sp³-hybridized carbons (Fsp3) is 0.118. The summed E-state index contributed by atoms with van der Waals surface area (Å²) in [5.41, 5.74) is 1.67. The van der Waals surface area contributed by atoms with Crippen molar-refractivity contribution in [2.24, 2.45) is 0 Å². The summed E-state index contributed by atoms with van der Waals surface area (Å²) in [4.78, 5) is 12.1. The van der Waals surface area contributed by atoms with Crippen molar-refractivity contribution in [1.82, 2.24) is 0 Å². The SMILES string of the molecule is C=C(CC(=O)c1ccc(OC)cc1)Nc1cccc(F)c1. The lowest BCUT2D eigenvalue weighted by Gasteiger charge is -2.09. The third kappa shape index (κ3) is 4.18. The number of anilines is 1. The Balaban J connectivity index is 1.96. The van der Waals surface area contributed by atoms with Crippen molar-refractivity contribution in [2.75, 3.05) is 12.4 Å². The number of nitrogens with one attached hydrogen (secondary N) is 1. The zero-order valence-corrected chi connectivity index (χ0v) is 11.7. The van der Waals surface area contributed by atoms with E-state index in [4.69, 9.17) is 4.74 Å². The molecule has 0 fully saturated rings. The molecule has 0 aliphatic heterocycles. The monoisotopic (exact) mass is 285 g/mol. The number of methoxy groups -OCH3 is 1. The van der Waals surface area contributed by atoms with Gasteiger partial charge in [0.05, 0.1) is 13.5 Å². The second-order valence-corrected chi connectivity index (χ2v) is 4.57. The normalized spacial score (nSPS) is 10.0. The van der Waals surface area contributed by atoms with Crippen molar-refractivity contribution in [3.05, 3.63) is 72.2 Å². The third-order valence-electron chi connectivity index (χ3n) is 2.93. The molecule has 0 heterocycles. The van der Waals surface area contributed by atoms with Gasteiger partial charge in [-0.25, -0.2) is 4.39 Å². The molecule has 2 aromatic carbocycles. The maximum Gasteiger partial charge on any atom is 0.168 e. The molecule has 0 saturated carbocycles. The number of carbonyl (C=O) groups is 1. The van der Waals surface area contributed by atoms with E-state index >= 15 is 0 Å². The number of carbonyl (C=O) groups excluding carboxylic acids is 1. The molecular formula is C17H16FNO2. The number of benzene rings is 2. The average molecular weight is 285 g/mol. The van der Waals surface area contributed by atoms with Gasteiger partial charge >= 0.3 is 0 Å². The largest absolute Gasteiger partial charge is 0.497 e. The van der Waals surface area contributed by atoms with Crippen LogP contribution < -0.4 is 10.1 Å². The van der Waals surface area contributed by atoms with E-state index < -0.39 is 0 Å². The first kappa shape index (κ1) is 14.8. The summed E-state index contributed by atoms with van der Waals surface area (Å²) in [7, 11) is 1.57. The average Bonchev–Trinajstić information content (AvgIpc) is 2.47. The first-order valence-corrected chi connectivity index (χ1v) is 6.46. The molecule has 0 atom stereocenters. The minimum Gasteiger partial charge on any atom is -0.497 e. The summed E-state index contributed by atoms with van der Waals surface area (Å²) < 4.78 is 18.1. The highest BCUT2D eigenvalue weighted by Gasteiger charge is 2.08. The lowest BCUT2D eigenvalue weighted by molar-refractivity contribution is 0.0993. The molecular weight excluding hydrogens is 269 g/mol. The summed E-state index contributed by atoms with van der Waals surface area (Å²) in [5, 5.41) is 2.93. The van der Waals surface area contributed by atoms with Gasteiger partial charge in [-0.05, 0) is 42.5 Å². The molecule has 1 N–H and O–H groups in total. The van der Waals surface area contributed by atoms with Gasteiger partial charge in [0.1, 0.15) is 11.6 Å². The van der Waals surface area contributed by atoms with Crippen LogP contribution in [0.25, 0.3) is 0 Å². The fourth-order valence-corrected chi connectivity index (χ4v) is 1.89. The molecule has 0 amide bonds. The number of halogens is 1. The van der Waals surface area contributed by atoms with E-state index in [2.05, 4.69) is 11.9 Å². The molecule has 0 saturated heterocycles. The van der Waals surface area contributed by atoms with Crippen LogP contribution in [0.1, 0.15) is 16.8 Å². The standard InChI is InChI=1S/C17H16FNO2/c1-12(19-15-5-3-4-14(18)11-15)10-17(20)13-6-8-16(21-2)9-7-13/h3-9,11,19H,1,10H2,2H3. The quantitative estimate of drug-likeness (QED) is 0.814. The molecule has 0 aliphatic carbocycles. The Bertz CT molecular complexity index is 650. The summed E-state index contributed by atoms with van der Waals surface area (Å²) in [5.74, 6) is 0.295. The van der Waals surface area contributed by atoms with Gasteiger partial charge in [0.15, 0.2) is 5.78 Å². The molecule has 0 aromatic heterocycles. The van der Waals surface area contributed by atoms with E-state index in [1.807, 2.05) is 0 Å². The number of rotatable bonds is 6. The molecule has 21 heavy (non-hydrogen) atoms. The maximum atomic E-state index is 13.1. The van der Waals surface area contributed by atoms with E-state index in [-0.39, 0.29) is 18.0 Å². The second kappa shape index (κ2) is 6.70. The Hall–Kier alpha value is -2.62. The Labute approximate surface area is 123 Å². The van der Waals surface area contributed by atoms with Crippen molar-refractivity contribution in [2.45, 2.75) is 6.42 Å². The molecule has 0 unspecified atom stereocenters. The van der Waals surface area contributed by atoms with E-state index in [1.165, 1.54) is 12.1 Å². The highest BCUT2D eigenvalue weighted by Crippen LogP contribution is 2.16. The zero-order valence-electron chi connectivity index (χ0n) is 11.7. The molecule has 2 aromatic rings. The van der Waals surface area contributed by atoms with E-state index in [0.717, 1.165) is 0 Å². The summed E-state index contributed by atoms with van der Waals surface area (Å²) in [6.07, 6.45) is 0.142. The van der Waals surface area contributed by atoms with Crippen LogP contribution in [0.4, 0.5) is 10.1 Å². The van der Waals surface area contributed by atoms with Gasteiger partial charge in [-0.15, -0.1) is 0 Å². The van der Waals surface area contributed by atoms with Gasteiger partial charge in [0, 0.05) is 16.9 Å². The first-order chi connectivity index (χ1) is 10.1. The molecule has 3 nitrogen and oxygen atoms in total. The Morgan fingerprint density at radius 2 is 1.95 bits per heavy atom. The van der Waals surface area contributed by atoms with Crippen LogP contribution in [-0.4, -0.2) is 12.9 Å².